The first-order valence-corrected chi connectivity index (χ1v) is 14.5. The van der Waals surface area contributed by atoms with Crippen LogP contribution in [0.3, 0.4) is 0 Å². The molecule has 0 aromatic rings. The number of carbonyl (C=O) groups is 8. The van der Waals surface area contributed by atoms with Gasteiger partial charge < -0.3 is 47.4 Å². The van der Waals surface area contributed by atoms with E-state index in [9.17, 15) is 38.4 Å². The predicted octanol–water partition coefficient (Wildman–Crippen LogP) is -0.167. The summed E-state index contributed by atoms with van der Waals surface area (Å²) < 4.78 is 55.2. The van der Waals surface area contributed by atoms with Gasteiger partial charge in [0.05, 0.1) is 6.61 Å². The summed E-state index contributed by atoms with van der Waals surface area (Å²) in [5.74, 6) is -7.55. The topological polar surface area (TPSA) is 229 Å². The highest BCUT2D eigenvalue weighted by Crippen LogP contribution is 2.38. The molecule has 47 heavy (non-hydrogen) atoms. The van der Waals surface area contributed by atoms with Gasteiger partial charge in [0.25, 0.3) is 0 Å². The van der Waals surface area contributed by atoms with Crippen molar-refractivity contribution >= 4 is 47.8 Å². The van der Waals surface area contributed by atoms with Gasteiger partial charge in [-0.3, -0.25) is 38.4 Å². The molecule has 1 aliphatic carbocycles. The Balaban J connectivity index is 2.73. The van der Waals surface area contributed by atoms with Crippen LogP contribution in [-0.2, 0) is 85.7 Å². The van der Waals surface area contributed by atoms with E-state index in [1.807, 2.05) is 0 Å². The van der Waals surface area contributed by atoms with Gasteiger partial charge in [-0.05, 0) is 6.42 Å². The van der Waals surface area contributed by atoms with Gasteiger partial charge >= 0.3 is 47.8 Å². The van der Waals surface area contributed by atoms with Gasteiger partial charge in [-0.1, -0.05) is 0 Å². The molecule has 1 aliphatic heterocycles. The molecular formula is C29H40O18. The Hall–Kier alpha value is -4.32. The fourth-order valence-corrected chi connectivity index (χ4v) is 5.25. The number of ether oxygens (including phenoxy) is 10. The minimum Gasteiger partial charge on any atom is -0.465 e. The second kappa shape index (κ2) is 17.6. The predicted molar refractivity (Wildman–Crippen MR) is 148 cm³/mol. The third-order valence-electron chi connectivity index (χ3n) is 6.68. The fourth-order valence-electron chi connectivity index (χ4n) is 5.25. The zero-order valence-corrected chi connectivity index (χ0v) is 27.2. The number of esters is 8. The Morgan fingerprint density at radius 3 is 1.34 bits per heavy atom. The molecule has 0 N–H and O–H groups in total. The maximum atomic E-state index is 12.3. The van der Waals surface area contributed by atoms with Gasteiger partial charge in [0.2, 0.25) is 0 Å². The summed E-state index contributed by atoms with van der Waals surface area (Å²) >= 11 is 0. The second-order valence-electron chi connectivity index (χ2n) is 10.8. The lowest BCUT2D eigenvalue weighted by molar-refractivity contribution is -0.334. The Labute approximate surface area is 269 Å². The highest BCUT2D eigenvalue weighted by molar-refractivity contribution is 5.70. The summed E-state index contributed by atoms with van der Waals surface area (Å²) in [6, 6.07) is 0. The van der Waals surface area contributed by atoms with Crippen LogP contribution in [0.15, 0.2) is 0 Å². The molecule has 0 amide bonds. The SMILES string of the molecule is CC(=O)OC[C@@H]1C[C@@H](OC(C)=O)[C@H](OC(C)=O)[C@@H](OC(C)=O)[C@@H]1O[C@@H]1O[C@H](COC(C)=O)[C@@H](OC(C)=O)[C@H](OC(C)=O)[C@H]1OC(C)=O. The molecule has 0 unspecified atom stereocenters. The third-order valence-corrected chi connectivity index (χ3v) is 6.68. The standard InChI is InChI=1S/C29H40O18/c1-12(30)38-10-20-9-21(40-14(3)32)24(41-15(4)33)26(43-17(6)35)23(20)47-29-28(45-19(8)37)27(44-18(7)36)25(42-16(5)34)22(46-29)11-39-13(2)31/h20-29H,9-11H2,1-8H3/t20-,21+,22+,23+,24-,25+,26-,27-,28+,29-/m0/s1. The first kappa shape index (κ1) is 38.9. The number of carbonyl (C=O) groups excluding carboxylic acids is 8. The van der Waals surface area contributed by atoms with Crippen LogP contribution in [0.1, 0.15) is 61.8 Å². The van der Waals surface area contributed by atoms with Crippen LogP contribution < -0.4 is 0 Å². The summed E-state index contributed by atoms with van der Waals surface area (Å²) in [4.78, 5) is 96.6. The van der Waals surface area contributed by atoms with Crippen LogP contribution in [0.2, 0.25) is 0 Å². The van der Waals surface area contributed by atoms with Crippen LogP contribution in [-0.4, -0.2) is 116 Å². The maximum absolute atomic E-state index is 12.3. The van der Waals surface area contributed by atoms with Crippen molar-refractivity contribution in [3.63, 3.8) is 0 Å². The van der Waals surface area contributed by atoms with E-state index >= 15 is 0 Å². The molecule has 0 spiro atoms. The molecule has 0 aromatic heterocycles. The summed E-state index contributed by atoms with van der Waals surface area (Å²) in [5, 5.41) is 0. The van der Waals surface area contributed by atoms with E-state index in [0.29, 0.717) is 0 Å². The van der Waals surface area contributed by atoms with Crippen LogP contribution in [0.25, 0.3) is 0 Å². The van der Waals surface area contributed by atoms with Gasteiger partial charge in [-0.2, -0.15) is 0 Å². The van der Waals surface area contributed by atoms with Crippen molar-refractivity contribution in [1.82, 2.24) is 0 Å². The van der Waals surface area contributed by atoms with Gasteiger partial charge in [-0.25, -0.2) is 0 Å². The number of rotatable bonds is 12. The molecule has 2 rings (SSSR count). The molecule has 18 heteroatoms. The van der Waals surface area contributed by atoms with E-state index in [1.54, 1.807) is 0 Å². The second-order valence-corrected chi connectivity index (χ2v) is 10.8. The summed E-state index contributed by atoms with van der Waals surface area (Å²) in [6.45, 7) is 7.61. The van der Waals surface area contributed by atoms with Crippen molar-refractivity contribution in [3.8, 4) is 0 Å². The average Bonchev–Trinajstić information content (AvgIpc) is 2.91. The fraction of sp³-hybridized carbons (Fsp3) is 0.724. The van der Waals surface area contributed by atoms with Gasteiger partial charge in [0.15, 0.2) is 36.8 Å². The minimum absolute atomic E-state index is 0.168. The zero-order valence-electron chi connectivity index (χ0n) is 27.2. The molecule has 1 saturated carbocycles. The van der Waals surface area contributed by atoms with Gasteiger partial charge in [0.1, 0.15) is 24.9 Å². The van der Waals surface area contributed by atoms with Crippen LogP contribution in [0.4, 0.5) is 0 Å². The molecule has 2 aliphatic rings. The van der Waals surface area contributed by atoms with Gasteiger partial charge in [-0.15, -0.1) is 0 Å². The molecule has 10 atom stereocenters. The minimum atomic E-state index is -1.75. The van der Waals surface area contributed by atoms with Crippen molar-refractivity contribution in [3.05, 3.63) is 0 Å². The van der Waals surface area contributed by atoms with E-state index in [2.05, 4.69) is 0 Å². The Kier molecular flexibility index (Phi) is 14.5. The van der Waals surface area contributed by atoms with Crippen molar-refractivity contribution < 1.29 is 85.7 Å². The van der Waals surface area contributed by atoms with E-state index < -0.39 is 122 Å². The largest absolute Gasteiger partial charge is 0.465 e. The molecule has 264 valence electrons. The molecule has 1 heterocycles. The lowest BCUT2D eigenvalue weighted by atomic mass is 9.80. The van der Waals surface area contributed by atoms with Crippen molar-refractivity contribution in [2.45, 2.75) is 117 Å². The highest BCUT2D eigenvalue weighted by Gasteiger charge is 2.57. The van der Waals surface area contributed by atoms with E-state index in [0.717, 1.165) is 55.4 Å². The number of hydrogen-bond acceptors (Lipinski definition) is 18. The summed E-state index contributed by atoms with van der Waals surface area (Å²) in [7, 11) is 0. The smallest absolute Gasteiger partial charge is 0.303 e. The first-order chi connectivity index (χ1) is 21.9. The number of hydrogen-bond donors (Lipinski definition) is 0. The third kappa shape index (κ3) is 12.1. The first-order valence-electron chi connectivity index (χ1n) is 14.5. The van der Waals surface area contributed by atoms with Crippen LogP contribution in [0, 0.1) is 5.92 Å². The van der Waals surface area contributed by atoms with E-state index in [1.165, 1.54) is 0 Å². The lowest BCUT2D eigenvalue weighted by Crippen LogP contribution is -2.66. The molecular weight excluding hydrogens is 636 g/mol. The van der Waals surface area contributed by atoms with Gasteiger partial charge in [0, 0.05) is 61.3 Å². The molecule has 0 aromatic carbocycles. The molecule has 18 nitrogen and oxygen atoms in total. The normalized spacial score (nSPS) is 30.0. The van der Waals surface area contributed by atoms with Crippen LogP contribution >= 0.6 is 0 Å². The van der Waals surface area contributed by atoms with Crippen molar-refractivity contribution in [1.29, 1.82) is 0 Å². The monoisotopic (exact) mass is 676 g/mol. The highest BCUT2D eigenvalue weighted by atomic mass is 16.7. The van der Waals surface area contributed by atoms with E-state index in [-0.39, 0.29) is 6.42 Å². The maximum Gasteiger partial charge on any atom is 0.303 e. The molecule has 0 radical (unpaired) electrons. The molecule has 2 fully saturated rings. The quantitative estimate of drug-likeness (QED) is 0.193. The summed E-state index contributed by atoms with van der Waals surface area (Å²) in [6.07, 6.45) is -13.7. The molecule has 1 saturated heterocycles. The van der Waals surface area contributed by atoms with Crippen molar-refractivity contribution in [2.75, 3.05) is 13.2 Å². The summed E-state index contributed by atoms with van der Waals surface area (Å²) in [5.41, 5.74) is 0. The van der Waals surface area contributed by atoms with Crippen LogP contribution in [0.5, 0.6) is 0 Å². The van der Waals surface area contributed by atoms with E-state index in [4.69, 9.17) is 47.4 Å². The lowest BCUT2D eigenvalue weighted by Gasteiger charge is -2.48. The Morgan fingerprint density at radius 1 is 0.468 bits per heavy atom. The molecule has 0 bridgehead atoms. The van der Waals surface area contributed by atoms with Crippen molar-refractivity contribution in [2.24, 2.45) is 5.92 Å². The Bertz CT molecular complexity index is 1200. The Morgan fingerprint density at radius 2 is 0.872 bits per heavy atom. The average molecular weight is 677 g/mol. The zero-order chi connectivity index (χ0) is 35.6.